The van der Waals surface area contributed by atoms with Crippen molar-refractivity contribution in [3.8, 4) is 0 Å². The minimum Gasteiger partial charge on any atom is -0.396 e. The van der Waals surface area contributed by atoms with Gasteiger partial charge in [-0.1, -0.05) is 0 Å². The van der Waals surface area contributed by atoms with Crippen LogP contribution in [0.3, 0.4) is 0 Å². The molecule has 12 nitrogen and oxygen atoms in total. The Labute approximate surface area is 253 Å². The zero-order valence-corrected chi connectivity index (χ0v) is 25.8. The second kappa shape index (κ2) is 11.3. The number of H-pyrrole nitrogens is 1. The van der Waals surface area contributed by atoms with Gasteiger partial charge in [-0.05, 0) is 64.8 Å². The van der Waals surface area contributed by atoms with E-state index in [-0.39, 0.29) is 23.7 Å². The number of nitrogens with zero attached hydrogens (tertiary/aromatic N) is 4. The highest BCUT2D eigenvalue weighted by molar-refractivity contribution is 7.98. The highest BCUT2D eigenvalue weighted by Gasteiger charge is 2.61. The molecule has 2 aromatic rings. The van der Waals surface area contributed by atoms with Gasteiger partial charge in [-0.25, -0.2) is 4.98 Å². The third-order valence-corrected chi connectivity index (χ3v) is 9.25. The number of nitrogens with one attached hydrogen (secondary N) is 3. The minimum atomic E-state index is -4.45. The molecule has 18 heteroatoms. The molecule has 3 atom stereocenters. The van der Waals surface area contributed by atoms with Crippen LogP contribution in [-0.4, -0.2) is 94.4 Å². The van der Waals surface area contributed by atoms with Crippen LogP contribution in [0.2, 0.25) is 0 Å². The number of rotatable bonds is 9. The van der Waals surface area contributed by atoms with Crippen molar-refractivity contribution in [1.29, 1.82) is 0 Å². The summed E-state index contributed by atoms with van der Waals surface area (Å²) in [6.45, 7) is 6.65. The number of anilines is 2. The first-order valence-electron chi connectivity index (χ1n) is 13.5. The molecule has 3 unspecified atom stereocenters. The number of carbonyl (C=O) groups excluding carboxylic acids is 1. The van der Waals surface area contributed by atoms with Crippen LogP contribution in [-0.2, 0) is 4.74 Å². The lowest BCUT2D eigenvalue weighted by Gasteiger charge is -2.43. The van der Waals surface area contributed by atoms with Crippen molar-refractivity contribution >= 4 is 45.2 Å². The molecule has 0 aromatic carbocycles. The fourth-order valence-corrected chi connectivity index (χ4v) is 5.53. The molecule has 0 radical (unpaired) electrons. The van der Waals surface area contributed by atoms with Crippen LogP contribution in [0.25, 0.3) is 0 Å². The molecule has 1 saturated heterocycles. The van der Waals surface area contributed by atoms with Crippen molar-refractivity contribution in [1.82, 2.24) is 25.3 Å². The molecule has 2 aliphatic heterocycles. The van der Waals surface area contributed by atoms with E-state index in [4.69, 9.17) is 9.72 Å². The first-order chi connectivity index (χ1) is 19.7. The summed E-state index contributed by atoms with van der Waals surface area (Å²) in [5.74, 6) is -1.13. The zero-order chi connectivity index (χ0) is 32.2. The summed E-state index contributed by atoms with van der Waals surface area (Å²) < 4.78 is 48.1. The molecule has 2 aliphatic rings. The average Bonchev–Trinajstić information content (AvgIpc) is 3.57. The van der Waals surface area contributed by atoms with Gasteiger partial charge in [0.15, 0.2) is 7.85 Å². The van der Waals surface area contributed by atoms with Gasteiger partial charge in [0.2, 0.25) is 0 Å². The van der Waals surface area contributed by atoms with Crippen LogP contribution < -0.4 is 20.1 Å². The smallest absolute Gasteiger partial charge is 0.396 e. The number of aromatic amines is 1. The maximum atomic E-state index is 13.5. The summed E-state index contributed by atoms with van der Waals surface area (Å²) in [4.78, 5) is 20.5. The summed E-state index contributed by atoms with van der Waals surface area (Å²) in [7, 11) is 2.69. The Morgan fingerprint density at radius 2 is 1.98 bits per heavy atom. The molecule has 6 N–H and O–H groups in total. The number of aryl methyl sites for hydroxylation is 1. The lowest BCUT2D eigenvalue weighted by Crippen LogP contribution is -2.60. The van der Waals surface area contributed by atoms with Crippen molar-refractivity contribution in [2.45, 2.75) is 68.6 Å². The van der Waals surface area contributed by atoms with E-state index in [9.17, 15) is 33.3 Å². The van der Waals surface area contributed by atoms with E-state index in [1.807, 2.05) is 0 Å². The predicted octanol–water partition coefficient (Wildman–Crippen LogP) is 0.128. The Hall–Kier alpha value is -2.76. The second-order valence-corrected chi connectivity index (χ2v) is 13.2. The Bertz CT molecular complexity index is 1380. The Morgan fingerprint density at radius 1 is 1.30 bits per heavy atom. The van der Waals surface area contributed by atoms with E-state index in [0.717, 1.165) is 25.8 Å². The minimum absolute atomic E-state index is 0.0598. The molecule has 0 saturated carbocycles. The van der Waals surface area contributed by atoms with E-state index in [0.29, 0.717) is 10.6 Å². The monoisotopic (exact) mass is 625 g/mol. The third-order valence-electron chi connectivity index (χ3n) is 8.33. The van der Waals surface area contributed by atoms with Gasteiger partial charge in [-0.3, -0.25) is 19.6 Å². The molecule has 1 fully saturated rings. The normalized spacial score (nSPS) is 24.2. The maximum Gasteiger partial charge on any atom is 0.396 e. The number of ether oxygens (including phenoxy) is 1. The highest BCUT2D eigenvalue weighted by atomic mass is 32.2. The number of alkyl halides is 3. The molecule has 2 aromatic heterocycles. The first-order valence-corrected chi connectivity index (χ1v) is 14.3. The van der Waals surface area contributed by atoms with Crippen LogP contribution in [0.1, 0.15) is 43.7 Å². The average molecular weight is 625 g/mol. The maximum absolute atomic E-state index is 13.5. The van der Waals surface area contributed by atoms with E-state index >= 15 is 0 Å². The van der Waals surface area contributed by atoms with Crippen LogP contribution in [0.15, 0.2) is 35.5 Å². The van der Waals surface area contributed by atoms with E-state index in [2.05, 4.69) is 20.3 Å². The first kappa shape index (κ1) is 33.1. The fourth-order valence-electron chi connectivity index (χ4n) is 4.91. The van der Waals surface area contributed by atoms with Gasteiger partial charge in [-0.15, -0.1) is 0 Å². The highest BCUT2D eigenvalue weighted by Crippen LogP contribution is 2.46. The summed E-state index contributed by atoms with van der Waals surface area (Å²) in [5, 5.41) is 40.7. The van der Waals surface area contributed by atoms with Gasteiger partial charge < -0.3 is 25.0 Å². The number of aliphatic hydroxyl groups is 3. The molecule has 0 aliphatic carbocycles. The van der Waals surface area contributed by atoms with Crippen molar-refractivity contribution in [2.24, 2.45) is 11.3 Å². The summed E-state index contributed by atoms with van der Waals surface area (Å²) in [6, 6.07) is 3.08. The van der Waals surface area contributed by atoms with Crippen molar-refractivity contribution in [2.75, 3.05) is 23.1 Å². The van der Waals surface area contributed by atoms with Crippen LogP contribution in [0.5, 0.6) is 0 Å². The number of amides is 1. The van der Waals surface area contributed by atoms with Gasteiger partial charge in [0.1, 0.15) is 31.4 Å². The van der Waals surface area contributed by atoms with Crippen LogP contribution >= 0.6 is 11.9 Å². The number of hydrogen-bond acceptors (Lipinski definition) is 11. The van der Waals surface area contributed by atoms with Gasteiger partial charge in [-0.2, -0.15) is 23.7 Å². The molecular formula is C25H36B2F3N7O5S. The number of aromatic nitrogens is 3. The molecular weight excluding hydrogens is 589 g/mol. The van der Waals surface area contributed by atoms with Crippen LogP contribution in [0, 0.1) is 18.3 Å². The van der Waals surface area contributed by atoms with E-state index < -0.39 is 53.0 Å². The largest absolute Gasteiger partial charge is 0.396 e. The lowest BCUT2D eigenvalue weighted by atomic mass is 9.58. The molecule has 234 valence electrons. The Morgan fingerprint density at radius 3 is 2.53 bits per heavy atom. The predicted molar refractivity (Wildman–Crippen MR) is 159 cm³/mol. The van der Waals surface area contributed by atoms with Crippen LogP contribution in [0.4, 0.5) is 24.8 Å². The van der Waals surface area contributed by atoms with Crippen molar-refractivity contribution < 1.29 is 38.0 Å². The number of hydrogen-bond donors (Lipinski definition) is 6. The number of halogens is 3. The Balaban J connectivity index is 1.65. The van der Waals surface area contributed by atoms with E-state index in [1.165, 1.54) is 32.8 Å². The summed E-state index contributed by atoms with van der Waals surface area (Å²) in [5.41, 5.74) is -3.33. The second-order valence-electron chi connectivity index (χ2n) is 12.3. The van der Waals surface area contributed by atoms with Gasteiger partial charge >= 0.3 is 6.18 Å². The van der Waals surface area contributed by atoms with Crippen molar-refractivity contribution in [3.63, 3.8) is 0 Å². The quantitative estimate of drug-likeness (QED) is 0.128. The van der Waals surface area contributed by atoms with E-state index in [1.54, 1.807) is 44.1 Å². The fraction of sp³-hybridized carbons (Fsp3) is 0.560. The Kier molecular flexibility index (Phi) is 8.71. The SMILES string of the molecule is BC(O)(O)C1CN(c2nc(N3C=CC(OCC(C)(C)C(F)(F)F)N3)ccc2C(=O)NSc2c[nH]nc2C)C(C)(C)C1(B)O. The third kappa shape index (κ3) is 6.40. The summed E-state index contributed by atoms with van der Waals surface area (Å²) in [6.07, 6.45) is -0.612. The molecule has 43 heavy (non-hydrogen) atoms. The summed E-state index contributed by atoms with van der Waals surface area (Å²) >= 11 is 1.05. The van der Waals surface area contributed by atoms with Gasteiger partial charge in [0.05, 0.1) is 39.2 Å². The molecule has 1 amide bonds. The standard InChI is InChI=1S/C25H36B2F3N7O5S/c1-13-15(10-31-33-13)43-35-20(38)14-6-7-17(37-9-8-18(34-37)42-12-21(2,3)25(28,29)30)32-19(14)36-11-16(24(27,40)41)23(26,39)22(36,4)5/h6-10,16,18,34,39-41H,11-12,26-27H2,1-5H3,(H,31,33)(H,35,38). The van der Waals surface area contributed by atoms with Gasteiger partial charge in [0, 0.05) is 24.9 Å². The molecule has 4 heterocycles. The number of hydrazine groups is 1. The van der Waals surface area contributed by atoms with Gasteiger partial charge in [0.25, 0.3) is 5.91 Å². The zero-order valence-electron chi connectivity index (χ0n) is 24.9. The number of carbonyl (C=O) groups is 1. The molecule has 0 bridgehead atoms. The number of pyridine rings is 1. The molecule has 0 spiro atoms. The lowest BCUT2D eigenvalue weighted by molar-refractivity contribution is -0.230. The van der Waals surface area contributed by atoms with Crippen molar-refractivity contribution in [3.05, 3.63) is 41.9 Å². The topological polar surface area (TPSA) is 159 Å². The molecule has 4 rings (SSSR count).